The fourth-order valence-electron chi connectivity index (χ4n) is 2.19. The maximum Gasteiger partial charge on any atom is -0.0270 e. The zero-order valence-electron chi connectivity index (χ0n) is 7.69. The van der Waals surface area contributed by atoms with Crippen molar-refractivity contribution < 1.29 is 0 Å². The van der Waals surface area contributed by atoms with Crippen molar-refractivity contribution in [3.05, 3.63) is 41.3 Å². The minimum atomic E-state index is 0.947. The summed E-state index contributed by atoms with van der Waals surface area (Å²) in [5, 5.41) is 0. The Bertz CT molecular complexity index is 297. The van der Waals surface area contributed by atoms with Gasteiger partial charge in [0.15, 0.2) is 0 Å². The highest BCUT2D eigenvalue weighted by molar-refractivity contribution is 5.43. The molecule has 1 aliphatic rings. The van der Waals surface area contributed by atoms with Crippen molar-refractivity contribution in [3.63, 3.8) is 0 Å². The van der Waals surface area contributed by atoms with Gasteiger partial charge in [-0.15, -0.1) is 0 Å². The van der Waals surface area contributed by atoms with Gasteiger partial charge < -0.3 is 0 Å². The van der Waals surface area contributed by atoms with Crippen LogP contribution in [0.1, 0.15) is 28.7 Å². The summed E-state index contributed by atoms with van der Waals surface area (Å²) in [6, 6.07) is 4.48. The van der Waals surface area contributed by atoms with E-state index in [1.807, 2.05) is 0 Å². The highest BCUT2D eigenvalue weighted by Gasteiger charge is 2.15. The Hall–Kier alpha value is -0.780. The summed E-state index contributed by atoms with van der Waals surface area (Å²) in [5.74, 6) is 0. The molecule has 0 unspecified atom stereocenters. The third-order valence-electron chi connectivity index (χ3n) is 2.89. The first-order chi connectivity index (χ1) is 5.83. The van der Waals surface area contributed by atoms with Crippen molar-refractivity contribution in [1.29, 1.82) is 0 Å². The molecule has 2 rings (SSSR count). The van der Waals surface area contributed by atoms with E-state index in [1.54, 1.807) is 11.1 Å². The maximum atomic E-state index is 3.96. The first kappa shape index (κ1) is 7.85. The average molecular weight is 159 g/mol. The lowest BCUT2D eigenvalue weighted by atomic mass is 9.98. The summed E-state index contributed by atoms with van der Waals surface area (Å²) in [5.41, 5.74) is 6.15. The van der Waals surface area contributed by atoms with Crippen LogP contribution in [0.2, 0.25) is 0 Å². The summed E-state index contributed by atoms with van der Waals surface area (Å²) in [6.45, 7) is 6.18. The predicted octanol–water partition coefficient (Wildman–Crippen LogP) is 2.86. The predicted molar refractivity (Wildman–Crippen MR) is 52.3 cm³/mol. The number of fused-ring (bicyclic) bond motifs is 1. The molecule has 1 aliphatic carbocycles. The second kappa shape index (κ2) is 2.93. The van der Waals surface area contributed by atoms with Gasteiger partial charge in [-0.25, -0.2) is 0 Å². The molecule has 0 saturated heterocycles. The monoisotopic (exact) mass is 159 g/mol. The van der Waals surface area contributed by atoms with Crippen LogP contribution in [-0.2, 0) is 19.3 Å². The number of aryl methyl sites for hydroxylation is 1. The second-order valence-electron chi connectivity index (χ2n) is 3.60. The van der Waals surface area contributed by atoms with Crippen molar-refractivity contribution in [3.8, 4) is 0 Å². The number of hydrogen-bond acceptors (Lipinski definition) is 0. The molecule has 0 spiro atoms. The van der Waals surface area contributed by atoms with Gasteiger partial charge in [-0.05, 0) is 61.8 Å². The maximum absolute atomic E-state index is 3.96. The molecule has 0 N–H and O–H groups in total. The highest BCUT2D eigenvalue weighted by Crippen LogP contribution is 2.28. The lowest BCUT2D eigenvalue weighted by Gasteiger charge is -2.08. The number of rotatable bonds is 1. The van der Waals surface area contributed by atoms with Gasteiger partial charge in [-0.3, -0.25) is 0 Å². The SMILES string of the molecule is [CH2]Cc1ccc(C)c2c1CCC2. The van der Waals surface area contributed by atoms with Crippen LogP contribution in [0.15, 0.2) is 12.1 Å². The van der Waals surface area contributed by atoms with Crippen molar-refractivity contribution in [2.75, 3.05) is 0 Å². The van der Waals surface area contributed by atoms with Gasteiger partial charge in [0.2, 0.25) is 0 Å². The minimum absolute atomic E-state index is 0.947. The molecule has 0 fully saturated rings. The van der Waals surface area contributed by atoms with E-state index in [2.05, 4.69) is 26.0 Å². The zero-order chi connectivity index (χ0) is 8.55. The van der Waals surface area contributed by atoms with Crippen molar-refractivity contribution in [2.45, 2.75) is 32.6 Å². The van der Waals surface area contributed by atoms with Crippen molar-refractivity contribution >= 4 is 0 Å². The standard InChI is InChI=1S/C12H15/c1-3-10-8-7-9(2)11-5-4-6-12(10)11/h7-8H,1,3-6H2,2H3. The lowest BCUT2D eigenvalue weighted by Crippen LogP contribution is -1.93. The van der Waals surface area contributed by atoms with E-state index in [1.165, 1.54) is 30.4 Å². The molecule has 0 bridgehead atoms. The number of benzene rings is 1. The molecule has 0 amide bonds. The van der Waals surface area contributed by atoms with Crippen LogP contribution in [0.25, 0.3) is 0 Å². The van der Waals surface area contributed by atoms with Gasteiger partial charge >= 0.3 is 0 Å². The van der Waals surface area contributed by atoms with E-state index in [4.69, 9.17) is 0 Å². The van der Waals surface area contributed by atoms with Gasteiger partial charge in [0.25, 0.3) is 0 Å². The quantitative estimate of drug-likeness (QED) is 0.591. The van der Waals surface area contributed by atoms with Crippen LogP contribution in [0, 0.1) is 13.8 Å². The Morgan fingerprint density at radius 3 is 2.75 bits per heavy atom. The Morgan fingerprint density at radius 2 is 2.00 bits per heavy atom. The van der Waals surface area contributed by atoms with Crippen LogP contribution in [0.4, 0.5) is 0 Å². The Kier molecular flexibility index (Phi) is 1.92. The van der Waals surface area contributed by atoms with E-state index in [-0.39, 0.29) is 0 Å². The van der Waals surface area contributed by atoms with Crippen molar-refractivity contribution in [2.24, 2.45) is 0 Å². The first-order valence-electron chi connectivity index (χ1n) is 4.72. The zero-order valence-corrected chi connectivity index (χ0v) is 7.69. The van der Waals surface area contributed by atoms with Gasteiger partial charge in [0.05, 0.1) is 0 Å². The molecule has 0 aromatic heterocycles. The molecule has 0 saturated carbocycles. The van der Waals surface area contributed by atoms with E-state index in [0.29, 0.717) is 0 Å². The molecule has 0 heterocycles. The van der Waals surface area contributed by atoms with Crippen LogP contribution in [-0.4, -0.2) is 0 Å². The Morgan fingerprint density at radius 1 is 1.25 bits per heavy atom. The van der Waals surface area contributed by atoms with Crippen LogP contribution < -0.4 is 0 Å². The summed E-state index contributed by atoms with van der Waals surface area (Å²) in [7, 11) is 0. The molecule has 0 heteroatoms. The summed E-state index contributed by atoms with van der Waals surface area (Å²) in [6.07, 6.45) is 4.85. The third kappa shape index (κ3) is 1.06. The molecule has 63 valence electrons. The average Bonchev–Trinajstić information content (AvgIpc) is 2.54. The lowest BCUT2D eigenvalue weighted by molar-refractivity contribution is 0.905. The van der Waals surface area contributed by atoms with Gasteiger partial charge in [0.1, 0.15) is 0 Å². The molecule has 1 aromatic rings. The normalized spacial score (nSPS) is 14.8. The fourth-order valence-corrected chi connectivity index (χ4v) is 2.19. The van der Waals surface area contributed by atoms with Gasteiger partial charge in [0, 0.05) is 0 Å². The van der Waals surface area contributed by atoms with E-state index in [9.17, 15) is 0 Å². The topological polar surface area (TPSA) is 0 Å². The largest absolute Gasteiger partial charge is 0.0588 e. The van der Waals surface area contributed by atoms with Crippen LogP contribution in [0.3, 0.4) is 0 Å². The van der Waals surface area contributed by atoms with E-state index >= 15 is 0 Å². The minimum Gasteiger partial charge on any atom is -0.0588 e. The van der Waals surface area contributed by atoms with Gasteiger partial charge in [-0.2, -0.15) is 0 Å². The molecule has 0 aliphatic heterocycles. The van der Waals surface area contributed by atoms with Crippen LogP contribution in [0.5, 0.6) is 0 Å². The molecule has 12 heavy (non-hydrogen) atoms. The fraction of sp³-hybridized carbons (Fsp3) is 0.417. The number of hydrogen-bond donors (Lipinski definition) is 0. The van der Waals surface area contributed by atoms with Crippen molar-refractivity contribution in [1.82, 2.24) is 0 Å². The highest BCUT2D eigenvalue weighted by atomic mass is 14.2. The summed E-state index contributed by atoms with van der Waals surface area (Å²) >= 11 is 0. The Balaban J connectivity index is 2.57. The molecule has 1 radical (unpaired) electrons. The van der Waals surface area contributed by atoms with E-state index in [0.717, 1.165) is 6.42 Å². The smallest absolute Gasteiger partial charge is 0.0270 e. The third-order valence-corrected chi connectivity index (χ3v) is 2.89. The first-order valence-corrected chi connectivity index (χ1v) is 4.72. The molecule has 0 atom stereocenters. The van der Waals surface area contributed by atoms with E-state index < -0.39 is 0 Å². The van der Waals surface area contributed by atoms with Gasteiger partial charge in [-0.1, -0.05) is 12.1 Å². The summed E-state index contributed by atoms with van der Waals surface area (Å²) in [4.78, 5) is 0. The Labute approximate surface area is 74.6 Å². The van der Waals surface area contributed by atoms with Crippen LogP contribution >= 0.6 is 0 Å². The molecular formula is C12H15. The molecule has 0 nitrogen and oxygen atoms in total. The summed E-state index contributed by atoms with van der Waals surface area (Å²) < 4.78 is 0. The molecule has 1 aromatic carbocycles. The molecular weight excluding hydrogens is 144 g/mol. The second-order valence-corrected chi connectivity index (χ2v) is 3.60.